The van der Waals surface area contributed by atoms with E-state index in [0.717, 1.165) is 21.5 Å². The minimum absolute atomic E-state index is 0.0590. The van der Waals surface area contributed by atoms with Crippen LogP contribution in [0.1, 0.15) is 5.76 Å². The molecule has 162 valence electrons. The second-order valence-corrected chi connectivity index (χ2v) is 8.56. The summed E-state index contributed by atoms with van der Waals surface area (Å²) in [5, 5.41) is 2.02. The second kappa shape index (κ2) is 9.09. The number of imide groups is 1. The minimum Gasteiger partial charge on any atom is -0.457 e. The Bertz CT molecular complexity index is 1260. The average molecular weight is 519 g/mol. The smallest absolute Gasteiger partial charge is 0.294 e. The van der Waals surface area contributed by atoms with Crippen molar-refractivity contribution < 1.29 is 27.6 Å². The van der Waals surface area contributed by atoms with E-state index in [2.05, 4.69) is 21.2 Å². The van der Waals surface area contributed by atoms with Crippen LogP contribution in [0.5, 0.6) is 0 Å². The Morgan fingerprint density at radius 3 is 2.56 bits per heavy atom. The average Bonchev–Trinajstić information content (AvgIpc) is 3.30. The Hall–Kier alpha value is -3.24. The normalized spacial score (nSPS) is 15.0. The van der Waals surface area contributed by atoms with E-state index in [4.69, 9.17) is 4.42 Å². The molecule has 0 bridgehead atoms. The van der Waals surface area contributed by atoms with Crippen molar-refractivity contribution in [2.24, 2.45) is 0 Å². The van der Waals surface area contributed by atoms with Gasteiger partial charge in [-0.25, -0.2) is 8.78 Å². The van der Waals surface area contributed by atoms with E-state index in [1.807, 2.05) is 0 Å². The van der Waals surface area contributed by atoms with Gasteiger partial charge >= 0.3 is 0 Å². The SMILES string of the molecule is O=C(CN1C(=O)S/C(=C/c2ccc(-c3ccc(F)cc3F)o2)C1=O)Nc1ccc(Br)cc1. The van der Waals surface area contributed by atoms with Crippen LogP contribution in [0.4, 0.5) is 19.3 Å². The molecule has 1 aliphatic rings. The molecule has 2 aromatic carbocycles. The summed E-state index contributed by atoms with van der Waals surface area (Å²) >= 11 is 3.96. The number of thioether (sulfide) groups is 1. The highest BCUT2D eigenvalue weighted by Gasteiger charge is 2.36. The lowest BCUT2D eigenvalue weighted by molar-refractivity contribution is -0.127. The summed E-state index contributed by atoms with van der Waals surface area (Å²) in [6.07, 6.45) is 1.34. The summed E-state index contributed by atoms with van der Waals surface area (Å²) in [7, 11) is 0. The number of hydrogen-bond donors (Lipinski definition) is 1. The number of benzene rings is 2. The lowest BCUT2D eigenvalue weighted by Gasteiger charge is -2.12. The van der Waals surface area contributed by atoms with Crippen LogP contribution in [0.3, 0.4) is 0 Å². The van der Waals surface area contributed by atoms with Gasteiger partial charge in [0.15, 0.2) is 0 Å². The molecular formula is C22H13BrF2N2O4S. The molecule has 1 N–H and O–H groups in total. The molecule has 3 aromatic rings. The fourth-order valence-electron chi connectivity index (χ4n) is 2.91. The predicted octanol–water partition coefficient (Wildman–Crippen LogP) is 5.66. The summed E-state index contributed by atoms with van der Waals surface area (Å²) in [5.74, 6) is -2.32. The van der Waals surface area contributed by atoms with Gasteiger partial charge in [0.05, 0.1) is 10.5 Å². The van der Waals surface area contributed by atoms with E-state index in [1.165, 1.54) is 24.3 Å². The van der Waals surface area contributed by atoms with E-state index >= 15 is 0 Å². The van der Waals surface area contributed by atoms with Gasteiger partial charge in [0.1, 0.15) is 29.7 Å². The standard InChI is InChI=1S/C22H13BrF2N2O4S/c23-12-1-4-14(5-2-12)26-20(28)11-27-21(29)19(32-22(27)30)10-15-6-8-18(31-15)16-7-3-13(24)9-17(16)25/h1-10H,11H2,(H,26,28)/b19-10+. The number of furan rings is 1. The zero-order valence-corrected chi connectivity index (χ0v) is 18.5. The van der Waals surface area contributed by atoms with E-state index < -0.39 is 35.2 Å². The van der Waals surface area contributed by atoms with E-state index in [9.17, 15) is 23.2 Å². The van der Waals surface area contributed by atoms with Crippen molar-refractivity contribution in [2.75, 3.05) is 11.9 Å². The largest absolute Gasteiger partial charge is 0.457 e. The molecule has 0 atom stereocenters. The molecule has 3 amide bonds. The molecule has 0 saturated carbocycles. The lowest BCUT2D eigenvalue weighted by Crippen LogP contribution is -2.36. The summed E-state index contributed by atoms with van der Waals surface area (Å²) in [4.78, 5) is 38.0. The zero-order valence-electron chi connectivity index (χ0n) is 16.1. The highest BCUT2D eigenvalue weighted by molar-refractivity contribution is 9.10. The molecule has 0 radical (unpaired) electrons. The molecule has 1 fully saturated rings. The van der Waals surface area contributed by atoms with E-state index in [0.29, 0.717) is 17.4 Å². The fourth-order valence-corrected chi connectivity index (χ4v) is 3.99. The van der Waals surface area contributed by atoms with Crippen molar-refractivity contribution in [1.82, 2.24) is 4.90 Å². The third kappa shape index (κ3) is 4.81. The molecule has 6 nitrogen and oxygen atoms in total. The van der Waals surface area contributed by atoms with Crippen LogP contribution in [0, 0.1) is 11.6 Å². The van der Waals surface area contributed by atoms with Gasteiger partial charge in [-0.3, -0.25) is 19.3 Å². The van der Waals surface area contributed by atoms with Crippen LogP contribution in [-0.4, -0.2) is 28.5 Å². The number of amides is 3. The number of nitrogens with zero attached hydrogens (tertiary/aromatic N) is 1. The molecule has 2 heterocycles. The van der Waals surface area contributed by atoms with Gasteiger partial charge in [-0.2, -0.15) is 0 Å². The first-order valence-electron chi connectivity index (χ1n) is 9.16. The van der Waals surface area contributed by atoms with E-state index in [1.54, 1.807) is 24.3 Å². The molecule has 0 spiro atoms. The van der Waals surface area contributed by atoms with Crippen LogP contribution in [-0.2, 0) is 9.59 Å². The topological polar surface area (TPSA) is 79.6 Å². The van der Waals surface area contributed by atoms with Gasteiger partial charge < -0.3 is 9.73 Å². The summed E-state index contributed by atoms with van der Waals surface area (Å²) in [6, 6.07) is 12.9. The molecule has 1 saturated heterocycles. The maximum absolute atomic E-state index is 13.9. The molecule has 1 aromatic heterocycles. The molecule has 0 unspecified atom stereocenters. The first-order chi connectivity index (χ1) is 15.3. The van der Waals surface area contributed by atoms with Crippen molar-refractivity contribution in [3.8, 4) is 11.3 Å². The van der Waals surface area contributed by atoms with E-state index in [-0.39, 0.29) is 22.0 Å². The van der Waals surface area contributed by atoms with Crippen LogP contribution in [0.15, 0.2) is 68.4 Å². The van der Waals surface area contributed by atoms with Crippen molar-refractivity contribution in [1.29, 1.82) is 0 Å². The van der Waals surface area contributed by atoms with Crippen LogP contribution >= 0.6 is 27.7 Å². The molecule has 10 heteroatoms. The number of rotatable bonds is 5. The van der Waals surface area contributed by atoms with Gasteiger partial charge in [0.25, 0.3) is 11.1 Å². The number of halogens is 3. The maximum Gasteiger partial charge on any atom is 0.294 e. The van der Waals surface area contributed by atoms with Gasteiger partial charge in [0, 0.05) is 22.3 Å². The van der Waals surface area contributed by atoms with Crippen molar-refractivity contribution in [3.05, 3.63) is 81.4 Å². The van der Waals surface area contributed by atoms with Crippen molar-refractivity contribution >= 4 is 56.5 Å². The number of anilines is 1. The highest BCUT2D eigenvalue weighted by Crippen LogP contribution is 2.33. The van der Waals surface area contributed by atoms with Crippen LogP contribution in [0.2, 0.25) is 0 Å². The first kappa shape index (κ1) is 22.0. The molecular weight excluding hydrogens is 506 g/mol. The summed E-state index contributed by atoms with van der Waals surface area (Å²) in [5.41, 5.74) is 0.584. The monoisotopic (exact) mass is 518 g/mol. The fraction of sp³-hybridized carbons (Fsp3) is 0.0455. The molecule has 32 heavy (non-hydrogen) atoms. The number of hydrogen-bond acceptors (Lipinski definition) is 5. The maximum atomic E-state index is 13.9. The van der Waals surface area contributed by atoms with Gasteiger partial charge in [-0.15, -0.1) is 0 Å². The van der Waals surface area contributed by atoms with Gasteiger partial charge in [-0.05, 0) is 60.3 Å². The summed E-state index contributed by atoms with van der Waals surface area (Å²) < 4.78 is 33.4. The first-order valence-corrected chi connectivity index (χ1v) is 10.8. The Morgan fingerprint density at radius 1 is 1.09 bits per heavy atom. The number of nitrogens with one attached hydrogen (secondary N) is 1. The third-order valence-electron chi connectivity index (χ3n) is 4.40. The minimum atomic E-state index is -0.789. The quantitative estimate of drug-likeness (QED) is 0.440. The predicted molar refractivity (Wildman–Crippen MR) is 120 cm³/mol. The number of carbonyl (C=O) groups excluding carboxylic acids is 3. The molecule has 4 rings (SSSR count). The van der Waals surface area contributed by atoms with Crippen LogP contribution < -0.4 is 5.32 Å². The molecule has 0 aliphatic carbocycles. The Morgan fingerprint density at radius 2 is 1.84 bits per heavy atom. The third-order valence-corrected chi connectivity index (χ3v) is 5.84. The Labute approximate surface area is 193 Å². The highest BCUT2D eigenvalue weighted by atomic mass is 79.9. The zero-order chi connectivity index (χ0) is 22.8. The second-order valence-electron chi connectivity index (χ2n) is 6.65. The van der Waals surface area contributed by atoms with Crippen molar-refractivity contribution in [3.63, 3.8) is 0 Å². The Balaban J connectivity index is 1.46. The Kier molecular flexibility index (Phi) is 6.24. The van der Waals surface area contributed by atoms with Gasteiger partial charge in [-0.1, -0.05) is 15.9 Å². The van der Waals surface area contributed by atoms with Crippen molar-refractivity contribution in [2.45, 2.75) is 0 Å². The molecule has 1 aliphatic heterocycles. The van der Waals surface area contributed by atoms with Crippen LogP contribution in [0.25, 0.3) is 17.4 Å². The summed E-state index contributed by atoms with van der Waals surface area (Å²) in [6.45, 7) is -0.442. The number of carbonyl (C=O) groups is 3. The lowest BCUT2D eigenvalue weighted by atomic mass is 10.1. The van der Waals surface area contributed by atoms with Gasteiger partial charge in [0.2, 0.25) is 5.91 Å².